The van der Waals surface area contributed by atoms with Gasteiger partial charge in [-0.2, -0.15) is 0 Å². The molecule has 0 atom stereocenters. The molecular formula is C21H20ClFN2O3S. The Bertz CT molecular complexity index is 961. The van der Waals surface area contributed by atoms with Crippen LogP contribution >= 0.6 is 23.4 Å². The molecule has 1 fully saturated rings. The zero-order valence-corrected chi connectivity index (χ0v) is 17.4. The number of nitrogens with zero attached hydrogens (tertiary/aromatic N) is 1. The highest BCUT2D eigenvalue weighted by Crippen LogP contribution is 2.26. The number of thioether (sulfide) groups is 1. The number of amides is 2. The van der Waals surface area contributed by atoms with Crippen LogP contribution in [-0.4, -0.2) is 41.3 Å². The summed E-state index contributed by atoms with van der Waals surface area (Å²) in [6.07, 6.45) is 1.91. The number of likely N-dealkylation sites (tertiary alicyclic amines) is 1. The van der Waals surface area contributed by atoms with E-state index in [9.17, 15) is 18.8 Å². The van der Waals surface area contributed by atoms with Gasteiger partial charge in [-0.15, -0.1) is 11.8 Å². The first-order chi connectivity index (χ1) is 13.8. The van der Waals surface area contributed by atoms with Gasteiger partial charge in [-0.25, -0.2) is 4.39 Å². The fourth-order valence-electron chi connectivity index (χ4n) is 3.06. The molecule has 2 amide bonds. The smallest absolute Gasteiger partial charge is 0.256 e. The zero-order chi connectivity index (χ0) is 21.0. The Hall–Kier alpha value is -2.38. The summed E-state index contributed by atoms with van der Waals surface area (Å²) < 4.78 is 14.1. The number of hydrogen-bond acceptors (Lipinski definition) is 4. The summed E-state index contributed by atoms with van der Waals surface area (Å²) in [6, 6.07) is 8.91. The second-order valence-corrected chi connectivity index (χ2v) is 8.18. The third kappa shape index (κ3) is 5.36. The van der Waals surface area contributed by atoms with Crippen molar-refractivity contribution < 1.29 is 18.8 Å². The molecule has 1 aliphatic heterocycles. The summed E-state index contributed by atoms with van der Waals surface area (Å²) in [5, 5.41) is 3.13. The Balaban J connectivity index is 1.68. The lowest BCUT2D eigenvalue weighted by Crippen LogP contribution is -2.29. The average molecular weight is 435 g/mol. The van der Waals surface area contributed by atoms with Crippen LogP contribution in [0.1, 0.15) is 40.5 Å². The standard InChI is InChI=1S/C21H20ClFN2O3S/c1-13(26)14-4-7-19(17(23)10-14)29-12-20(27)24-18-6-5-15(22)11-16(18)21(28)25-8-2-3-9-25/h4-7,10-11H,2-3,8-9,12H2,1H3,(H,24,27). The first kappa shape index (κ1) is 21.3. The number of rotatable bonds is 6. The molecule has 0 spiro atoms. The minimum atomic E-state index is -0.549. The lowest BCUT2D eigenvalue weighted by Gasteiger charge is -2.18. The molecule has 0 bridgehead atoms. The van der Waals surface area contributed by atoms with Crippen molar-refractivity contribution in [1.82, 2.24) is 4.90 Å². The van der Waals surface area contributed by atoms with E-state index < -0.39 is 5.82 Å². The van der Waals surface area contributed by atoms with Gasteiger partial charge in [-0.05, 0) is 50.1 Å². The summed E-state index contributed by atoms with van der Waals surface area (Å²) in [4.78, 5) is 38.5. The van der Waals surface area contributed by atoms with E-state index in [4.69, 9.17) is 11.6 Å². The third-order valence-electron chi connectivity index (χ3n) is 4.58. The Morgan fingerprint density at radius 1 is 1.14 bits per heavy atom. The molecule has 2 aromatic carbocycles. The summed E-state index contributed by atoms with van der Waals surface area (Å²) >= 11 is 7.06. The van der Waals surface area contributed by atoms with Crippen molar-refractivity contribution >= 4 is 46.6 Å². The number of carbonyl (C=O) groups is 3. The molecule has 8 heteroatoms. The first-order valence-corrected chi connectivity index (χ1v) is 10.5. The van der Waals surface area contributed by atoms with Crippen molar-refractivity contribution in [1.29, 1.82) is 0 Å². The second-order valence-electron chi connectivity index (χ2n) is 6.73. The highest BCUT2D eigenvalue weighted by Gasteiger charge is 2.23. The molecule has 0 aliphatic carbocycles. The van der Waals surface area contributed by atoms with Crippen LogP contribution in [0.5, 0.6) is 0 Å². The molecule has 1 heterocycles. The molecular weight excluding hydrogens is 415 g/mol. The van der Waals surface area contributed by atoms with E-state index in [-0.39, 0.29) is 33.8 Å². The normalized spacial score (nSPS) is 13.4. The molecule has 5 nitrogen and oxygen atoms in total. The predicted octanol–water partition coefficient (Wildman–Crippen LogP) is 4.65. The number of benzene rings is 2. The molecule has 0 radical (unpaired) electrons. The van der Waals surface area contributed by atoms with Crippen LogP contribution in [0.25, 0.3) is 0 Å². The summed E-state index contributed by atoms with van der Waals surface area (Å²) in [6.45, 7) is 2.73. The van der Waals surface area contributed by atoms with Crippen molar-refractivity contribution in [3.8, 4) is 0 Å². The van der Waals surface area contributed by atoms with E-state index in [1.165, 1.54) is 19.1 Å². The van der Waals surface area contributed by atoms with Crippen molar-refractivity contribution in [3.63, 3.8) is 0 Å². The van der Waals surface area contributed by atoms with Gasteiger partial charge in [-0.3, -0.25) is 14.4 Å². The number of halogens is 2. The van der Waals surface area contributed by atoms with E-state index in [0.29, 0.717) is 29.4 Å². The SMILES string of the molecule is CC(=O)c1ccc(SCC(=O)Nc2ccc(Cl)cc2C(=O)N2CCCC2)c(F)c1. The molecule has 0 unspecified atom stereocenters. The van der Waals surface area contributed by atoms with Gasteiger partial charge in [0.2, 0.25) is 5.91 Å². The molecule has 0 aromatic heterocycles. The first-order valence-electron chi connectivity index (χ1n) is 9.17. The van der Waals surface area contributed by atoms with Gasteiger partial charge >= 0.3 is 0 Å². The maximum absolute atomic E-state index is 14.1. The van der Waals surface area contributed by atoms with Crippen LogP contribution in [0.15, 0.2) is 41.3 Å². The number of anilines is 1. The van der Waals surface area contributed by atoms with Gasteiger partial charge < -0.3 is 10.2 Å². The highest BCUT2D eigenvalue weighted by atomic mass is 35.5. The summed E-state index contributed by atoms with van der Waals surface area (Å²) in [5.41, 5.74) is 1.00. The molecule has 29 heavy (non-hydrogen) atoms. The number of carbonyl (C=O) groups excluding carboxylic acids is 3. The Morgan fingerprint density at radius 3 is 2.52 bits per heavy atom. The number of nitrogens with one attached hydrogen (secondary N) is 1. The van der Waals surface area contributed by atoms with Crippen LogP contribution in [0.2, 0.25) is 5.02 Å². The van der Waals surface area contributed by atoms with Gasteiger partial charge in [0, 0.05) is 28.6 Å². The molecule has 1 aliphatic rings. The molecule has 3 rings (SSSR count). The summed E-state index contributed by atoms with van der Waals surface area (Å²) in [7, 11) is 0. The largest absolute Gasteiger partial charge is 0.339 e. The van der Waals surface area contributed by atoms with Gasteiger partial charge in [0.25, 0.3) is 5.91 Å². The highest BCUT2D eigenvalue weighted by molar-refractivity contribution is 8.00. The second kappa shape index (κ2) is 9.41. The molecule has 0 saturated carbocycles. The molecule has 1 saturated heterocycles. The van der Waals surface area contributed by atoms with Crippen molar-refractivity contribution in [2.75, 3.05) is 24.2 Å². The van der Waals surface area contributed by atoms with Crippen LogP contribution in [0, 0.1) is 5.82 Å². The fraction of sp³-hybridized carbons (Fsp3) is 0.286. The summed E-state index contributed by atoms with van der Waals surface area (Å²) in [5.74, 6) is -1.36. The Labute approximate surface area is 177 Å². The van der Waals surface area contributed by atoms with Crippen LogP contribution < -0.4 is 5.32 Å². The van der Waals surface area contributed by atoms with Crippen LogP contribution in [-0.2, 0) is 4.79 Å². The third-order valence-corrected chi connectivity index (χ3v) is 5.86. The maximum Gasteiger partial charge on any atom is 0.256 e. The number of hydrogen-bond donors (Lipinski definition) is 1. The van der Waals surface area contributed by atoms with Gasteiger partial charge in [-0.1, -0.05) is 17.7 Å². The van der Waals surface area contributed by atoms with Crippen LogP contribution in [0.3, 0.4) is 0 Å². The van der Waals surface area contributed by atoms with Crippen molar-refractivity contribution in [2.24, 2.45) is 0 Å². The van der Waals surface area contributed by atoms with E-state index in [0.717, 1.165) is 30.7 Å². The fourth-order valence-corrected chi connectivity index (χ4v) is 3.95. The van der Waals surface area contributed by atoms with E-state index >= 15 is 0 Å². The quantitative estimate of drug-likeness (QED) is 0.531. The number of ketones is 1. The van der Waals surface area contributed by atoms with Crippen molar-refractivity contribution in [3.05, 3.63) is 58.4 Å². The monoisotopic (exact) mass is 434 g/mol. The van der Waals surface area contributed by atoms with Gasteiger partial charge in [0.05, 0.1) is 17.0 Å². The lowest BCUT2D eigenvalue weighted by molar-refractivity contribution is -0.113. The van der Waals surface area contributed by atoms with Gasteiger partial charge in [0.15, 0.2) is 5.78 Å². The lowest BCUT2D eigenvalue weighted by atomic mass is 10.1. The Morgan fingerprint density at radius 2 is 1.86 bits per heavy atom. The van der Waals surface area contributed by atoms with Crippen molar-refractivity contribution in [2.45, 2.75) is 24.7 Å². The van der Waals surface area contributed by atoms with E-state index in [1.807, 2.05) is 0 Å². The average Bonchev–Trinajstić information content (AvgIpc) is 3.22. The van der Waals surface area contributed by atoms with Gasteiger partial charge in [0.1, 0.15) is 5.82 Å². The van der Waals surface area contributed by atoms with E-state index in [2.05, 4.69) is 5.32 Å². The van der Waals surface area contributed by atoms with E-state index in [1.54, 1.807) is 23.1 Å². The maximum atomic E-state index is 14.1. The minimum absolute atomic E-state index is 0.0453. The number of Topliss-reactive ketones (excluding diaryl/α,β-unsaturated/α-hetero) is 1. The minimum Gasteiger partial charge on any atom is -0.339 e. The predicted molar refractivity (Wildman–Crippen MR) is 112 cm³/mol. The molecule has 152 valence electrons. The topological polar surface area (TPSA) is 66.5 Å². The Kier molecular flexibility index (Phi) is 6.92. The van der Waals surface area contributed by atoms with Crippen LogP contribution in [0.4, 0.5) is 10.1 Å². The molecule has 1 N–H and O–H groups in total. The zero-order valence-electron chi connectivity index (χ0n) is 15.8. The molecule has 2 aromatic rings.